The van der Waals surface area contributed by atoms with E-state index in [0.717, 1.165) is 103 Å². The molecular weight excluding hydrogens is 641 g/mol. The molecule has 0 radical (unpaired) electrons. The Bertz CT molecular complexity index is 1700. The maximum atomic E-state index is 13.7. The monoisotopic (exact) mass is 694 g/mol. The van der Waals surface area contributed by atoms with Crippen LogP contribution in [0.4, 0.5) is 11.4 Å². The molecule has 0 atom stereocenters. The van der Waals surface area contributed by atoms with Crippen molar-refractivity contribution >= 4 is 35.1 Å². The van der Waals surface area contributed by atoms with E-state index < -0.39 is 0 Å². The molecule has 50 heavy (non-hydrogen) atoms. The van der Waals surface area contributed by atoms with Crippen LogP contribution in [-0.4, -0.2) is 48.4 Å². The van der Waals surface area contributed by atoms with Crippen LogP contribution in [0.25, 0.3) is 17.2 Å². The third-order valence-corrected chi connectivity index (χ3v) is 9.91. The van der Waals surface area contributed by atoms with E-state index in [1.807, 2.05) is 30.6 Å². The molecule has 0 aliphatic carbocycles. The molecule has 8 heteroatoms. The number of aryl methyl sites for hydroxylation is 2. The van der Waals surface area contributed by atoms with Crippen molar-refractivity contribution in [2.45, 2.75) is 83.9 Å². The Labute approximate surface area is 303 Å². The molecule has 0 saturated carbocycles. The number of benzene rings is 3. The molecule has 1 aliphatic heterocycles. The van der Waals surface area contributed by atoms with Crippen molar-refractivity contribution in [3.63, 3.8) is 0 Å². The smallest absolute Gasteiger partial charge is 0.251 e. The molecule has 0 bridgehead atoms. The third kappa shape index (κ3) is 10.5. The van der Waals surface area contributed by atoms with Crippen LogP contribution in [0.15, 0.2) is 83.5 Å². The summed E-state index contributed by atoms with van der Waals surface area (Å²) in [5, 5.41) is 3.18. The number of aromatic nitrogens is 2. The molecule has 1 aromatic heterocycles. The number of unbranched alkanes of at least 4 members (excludes halogenated alkanes) is 1. The fourth-order valence-corrected chi connectivity index (χ4v) is 7.23. The van der Waals surface area contributed by atoms with Gasteiger partial charge in [-0.1, -0.05) is 52.3 Å². The Morgan fingerprint density at radius 2 is 1.74 bits per heavy atom. The molecule has 4 aromatic rings. The molecule has 1 aliphatic rings. The summed E-state index contributed by atoms with van der Waals surface area (Å²) in [7, 11) is 0. The topological polar surface area (TPSA) is 68.6 Å². The van der Waals surface area contributed by atoms with Crippen molar-refractivity contribution in [1.29, 1.82) is 0 Å². The number of nitrogens with zero attached hydrogens (tertiary/aromatic N) is 3. The number of ether oxygens (including phenoxy) is 2. The van der Waals surface area contributed by atoms with Gasteiger partial charge in [-0.05, 0) is 110 Å². The quantitative estimate of drug-likeness (QED) is 0.0877. The van der Waals surface area contributed by atoms with Crippen molar-refractivity contribution in [3.8, 4) is 16.9 Å². The number of amides is 1. The second kappa shape index (κ2) is 18.8. The van der Waals surface area contributed by atoms with Crippen LogP contribution in [0.2, 0.25) is 0 Å². The minimum Gasteiger partial charge on any atom is -0.491 e. The van der Waals surface area contributed by atoms with Crippen LogP contribution in [0, 0.1) is 12.8 Å². The first-order valence-electron chi connectivity index (χ1n) is 18.3. The van der Waals surface area contributed by atoms with Gasteiger partial charge in [0.25, 0.3) is 5.91 Å². The summed E-state index contributed by atoms with van der Waals surface area (Å²) in [6.07, 6.45) is 8.97. The number of hydrogen-bond acceptors (Lipinski definition) is 6. The van der Waals surface area contributed by atoms with E-state index in [-0.39, 0.29) is 5.91 Å². The van der Waals surface area contributed by atoms with Gasteiger partial charge < -0.3 is 24.3 Å². The SMILES string of the molecule is CCCCOCCOc1ccc(-c2ccc3c(c2)/C=C(/C(=O)Nc2ccc(SCc4c(C)ncn4CCC)cc2)CCCN3CC(C)C)cc1. The van der Waals surface area contributed by atoms with Crippen LogP contribution in [0.5, 0.6) is 5.75 Å². The number of rotatable bonds is 17. The molecule has 0 fully saturated rings. The molecule has 3 aromatic carbocycles. The molecule has 0 saturated heterocycles. The Balaban J connectivity index is 1.28. The number of anilines is 2. The summed E-state index contributed by atoms with van der Waals surface area (Å²) >= 11 is 1.79. The highest BCUT2D eigenvalue weighted by Gasteiger charge is 2.20. The number of thioether (sulfide) groups is 1. The van der Waals surface area contributed by atoms with Gasteiger partial charge in [0.05, 0.1) is 24.3 Å². The van der Waals surface area contributed by atoms with Crippen molar-refractivity contribution in [2.24, 2.45) is 5.92 Å². The molecule has 0 unspecified atom stereocenters. The van der Waals surface area contributed by atoms with E-state index >= 15 is 0 Å². The average molecular weight is 695 g/mol. The van der Waals surface area contributed by atoms with Crippen LogP contribution < -0.4 is 15.0 Å². The first-order valence-corrected chi connectivity index (χ1v) is 19.3. The summed E-state index contributed by atoms with van der Waals surface area (Å²) in [6.45, 7) is 15.7. The van der Waals surface area contributed by atoms with Gasteiger partial charge in [-0.2, -0.15) is 0 Å². The van der Waals surface area contributed by atoms with Crippen molar-refractivity contribution in [3.05, 3.63) is 95.6 Å². The van der Waals surface area contributed by atoms with Crippen molar-refractivity contribution in [2.75, 3.05) is 43.1 Å². The molecule has 0 spiro atoms. The summed E-state index contributed by atoms with van der Waals surface area (Å²) < 4.78 is 13.8. The summed E-state index contributed by atoms with van der Waals surface area (Å²) in [6, 6.07) is 23.1. The van der Waals surface area contributed by atoms with Crippen LogP contribution in [0.3, 0.4) is 0 Å². The number of imidazole rings is 1. The molecular formula is C42H54N4O3S. The minimum atomic E-state index is -0.0432. The molecule has 1 N–H and O–H groups in total. The van der Waals surface area contributed by atoms with E-state index in [9.17, 15) is 4.79 Å². The van der Waals surface area contributed by atoms with Crippen molar-refractivity contribution < 1.29 is 14.3 Å². The van der Waals surface area contributed by atoms with Crippen LogP contribution in [-0.2, 0) is 21.8 Å². The van der Waals surface area contributed by atoms with Gasteiger partial charge in [0.2, 0.25) is 0 Å². The lowest BCUT2D eigenvalue weighted by Crippen LogP contribution is -2.30. The molecule has 266 valence electrons. The summed E-state index contributed by atoms with van der Waals surface area (Å²) in [5.41, 5.74) is 8.43. The van der Waals surface area contributed by atoms with Gasteiger partial charge in [0.15, 0.2) is 0 Å². The normalized spacial score (nSPS) is 14.1. The molecule has 7 nitrogen and oxygen atoms in total. The number of fused-ring (bicyclic) bond motifs is 1. The lowest BCUT2D eigenvalue weighted by atomic mass is 9.96. The lowest BCUT2D eigenvalue weighted by Gasteiger charge is -2.30. The predicted molar refractivity (Wildman–Crippen MR) is 209 cm³/mol. The van der Waals surface area contributed by atoms with Crippen LogP contribution in [0.1, 0.15) is 76.8 Å². The first-order chi connectivity index (χ1) is 24.3. The molecule has 1 amide bonds. The Morgan fingerprint density at radius 3 is 2.48 bits per heavy atom. The van der Waals surface area contributed by atoms with Gasteiger partial charge in [-0.15, -0.1) is 11.8 Å². The van der Waals surface area contributed by atoms with E-state index in [1.165, 1.54) is 16.3 Å². The van der Waals surface area contributed by atoms with E-state index in [0.29, 0.717) is 19.1 Å². The maximum Gasteiger partial charge on any atom is 0.251 e. The highest BCUT2D eigenvalue weighted by molar-refractivity contribution is 7.98. The maximum absolute atomic E-state index is 13.7. The van der Waals surface area contributed by atoms with Gasteiger partial charge in [-0.3, -0.25) is 4.79 Å². The zero-order chi connectivity index (χ0) is 35.3. The van der Waals surface area contributed by atoms with Gasteiger partial charge in [0, 0.05) is 53.8 Å². The van der Waals surface area contributed by atoms with Gasteiger partial charge in [-0.25, -0.2) is 4.98 Å². The van der Waals surface area contributed by atoms with E-state index in [2.05, 4.69) is 103 Å². The zero-order valence-electron chi connectivity index (χ0n) is 30.5. The summed E-state index contributed by atoms with van der Waals surface area (Å²) in [4.78, 5) is 21.9. The minimum absolute atomic E-state index is 0.0432. The highest BCUT2D eigenvalue weighted by atomic mass is 32.2. The fraction of sp³-hybridized carbons (Fsp3) is 0.429. The molecule has 5 rings (SSSR count). The summed E-state index contributed by atoms with van der Waals surface area (Å²) in [5.74, 6) is 2.19. The Morgan fingerprint density at radius 1 is 0.960 bits per heavy atom. The number of carbonyl (C=O) groups is 1. The second-order valence-electron chi connectivity index (χ2n) is 13.5. The molecule has 2 heterocycles. The second-order valence-corrected chi connectivity index (χ2v) is 14.5. The van der Waals surface area contributed by atoms with E-state index in [4.69, 9.17) is 9.47 Å². The highest BCUT2D eigenvalue weighted by Crippen LogP contribution is 2.34. The largest absolute Gasteiger partial charge is 0.491 e. The zero-order valence-corrected chi connectivity index (χ0v) is 31.4. The Kier molecular flexibility index (Phi) is 14.0. The van der Waals surface area contributed by atoms with Gasteiger partial charge in [0.1, 0.15) is 12.4 Å². The van der Waals surface area contributed by atoms with Crippen molar-refractivity contribution in [1.82, 2.24) is 9.55 Å². The first kappa shape index (κ1) is 37.3. The fourth-order valence-electron chi connectivity index (χ4n) is 6.23. The Hall–Kier alpha value is -4.01. The third-order valence-electron chi connectivity index (χ3n) is 8.88. The van der Waals surface area contributed by atoms with E-state index in [1.54, 1.807) is 11.8 Å². The average Bonchev–Trinajstić information content (AvgIpc) is 3.46. The number of hydrogen-bond donors (Lipinski definition) is 1. The number of nitrogens with one attached hydrogen (secondary N) is 1. The van der Waals surface area contributed by atoms with Gasteiger partial charge >= 0.3 is 0 Å². The van der Waals surface area contributed by atoms with Crippen LogP contribution >= 0.6 is 11.8 Å². The standard InChI is InChI=1S/C42H54N4O3S/c1-6-8-23-48-24-25-49-38-16-11-33(12-17-38)34-13-20-40-36(26-34)27-35(10-9-22-45(40)28-31(3)4)42(47)44-37-14-18-39(19-15-37)50-29-41-32(5)43-30-46(41)21-7-2/h11-20,26-27,30-31H,6-10,21-25,28-29H2,1-5H3,(H,44,47)/b35-27+. The predicted octanol–water partition coefficient (Wildman–Crippen LogP) is 10.0. The lowest BCUT2D eigenvalue weighted by molar-refractivity contribution is -0.112. The number of carbonyl (C=O) groups excluding carboxylic acids is 1.